The first kappa shape index (κ1) is 13.6. The van der Waals surface area contributed by atoms with E-state index in [1.54, 1.807) is 0 Å². The fourth-order valence-corrected chi connectivity index (χ4v) is 3.29. The van der Waals surface area contributed by atoms with E-state index >= 15 is 0 Å². The fourth-order valence-electron chi connectivity index (χ4n) is 3.29. The van der Waals surface area contributed by atoms with Crippen LogP contribution in [0, 0.1) is 0 Å². The Hall–Kier alpha value is -2.10. The number of para-hydroxylation sites is 1. The van der Waals surface area contributed by atoms with Gasteiger partial charge in [-0.1, -0.05) is 48.5 Å². The number of fused-ring (bicyclic) bond motifs is 1. The molecule has 3 aromatic rings. The summed E-state index contributed by atoms with van der Waals surface area (Å²) in [5.74, 6) is 1.000. The Morgan fingerprint density at radius 2 is 1.86 bits per heavy atom. The van der Waals surface area contributed by atoms with E-state index in [9.17, 15) is 0 Å². The molecule has 3 nitrogen and oxygen atoms in total. The van der Waals surface area contributed by atoms with E-state index in [1.165, 1.54) is 10.9 Å². The van der Waals surface area contributed by atoms with Crippen LogP contribution in [0.25, 0.3) is 11.0 Å². The molecule has 3 heteroatoms. The average Bonchev–Trinajstić information content (AvgIpc) is 3.20. The molecule has 0 bridgehead atoms. The summed E-state index contributed by atoms with van der Waals surface area (Å²) in [5.41, 5.74) is 2.31. The molecule has 2 N–H and O–H groups in total. The van der Waals surface area contributed by atoms with E-state index in [-0.39, 0.29) is 0 Å². The quantitative estimate of drug-likeness (QED) is 0.771. The highest BCUT2D eigenvalue weighted by atomic mass is 16.3. The molecule has 2 aromatic carbocycles. The van der Waals surface area contributed by atoms with Crippen molar-refractivity contribution >= 4 is 11.0 Å². The van der Waals surface area contributed by atoms with Gasteiger partial charge in [0.15, 0.2) is 0 Å². The lowest BCUT2D eigenvalue weighted by molar-refractivity contribution is 0.428. The van der Waals surface area contributed by atoms with Crippen molar-refractivity contribution in [3.8, 4) is 0 Å². The second-order valence-electron chi connectivity index (χ2n) is 5.87. The summed E-state index contributed by atoms with van der Waals surface area (Å²) in [6, 6.07) is 21.8. The van der Waals surface area contributed by atoms with E-state index in [0.717, 1.165) is 30.9 Å². The molecule has 1 aromatic heterocycles. The summed E-state index contributed by atoms with van der Waals surface area (Å²) < 4.78 is 5.89. The van der Waals surface area contributed by atoms with Crippen LogP contribution < -0.4 is 10.6 Å². The van der Waals surface area contributed by atoms with Crippen LogP contribution in [-0.4, -0.2) is 12.6 Å². The lowest BCUT2D eigenvalue weighted by Gasteiger charge is -2.20. The first-order valence-electron chi connectivity index (χ1n) is 7.89. The summed E-state index contributed by atoms with van der Waals surface area (Å²) >= 11 is 0. The van der Waals surface area contributed by atoms with Crippen LogP contribution in [0.5, 0.6) is 0 Å². The number of nitrogens with one attached hydrogen (secondary N) is 2. The van der Waals surface area contributed by atoms with Crippen LogP contribution in [0.4, 0.5) is 0 Å². The van der Waals surface area contributed by atoms with Crippen LogP contribution >= 0.6 is 0 Å². The zero-order valence-electron chi connectivity index (χ0n) is 12.5. The maximum absolute atomic E-state index is 5.89. The lowest BCUT2D eigenvalue weighted by atomic mass is 10.0. The van der Waals surface area contributed by atoms with Crippen molar-refractivity contribution in [2.24, 2.45) is 0 Å². The molecule has 112 valence electrons. The molecule has 0 amide bonds. The minimum Gasteiger partial charge on any atom is -0.460 e. The maximum Gasteiger partial charge on any atom is 0.134 e. The summed E-state index contributed by atoms with van der Waals surface area (Å²) in [5, 5.41) is 8.41. The Morgan fingerprint density at radius 3 is 2.73 bits per heavy atom. The number of benzene rings is 2. The molecule has 2 atom stereocenters. The highest BCUT2D eigenvalue weighted by molar-refractivity contribution is 5.77. The second kappa shape index (κ2) is 5.95. The standard InChI is InChI=1S/C19H20N2O/c1-2-6-14(7-3-1)19-17(10-11-20-19)21-13-16-12-15-8-4-5-9-18(15)22-16/h1-9,12,17,19-21H,10-11,13H2. The zero-order chi connectivity index (χ0) is 14.8. The van der Waals surface area contributed by atoms with E-state index < -0.39 is 0 Å². The van der Waals surface area contributed by atoms with Gasteiger partial charge in [0.2, 0.25) is 0 Å². The molecular weight excluding hydrogens is 272 g/mol. The largest absolute Gasteiger partial charge is 0.460 e. The van der Waals surface area contributed by atoms with Gasteiger partial charge in [0, 0.05) is 17.5 Å². The Kier molecular flexibility index (Phi) is 3.67. The predicted molar refractivity (Wildman–Crippen MR) is 88.6 cm³/mol. The minimum absolute atomic E-state index is 0.380. The maximum atomic E-state index is 5.89. The molecule has 4 rings (SSSR count). The minimum atomic E-state index is 0.380. The first-order valence-corrected chi connectivity index (χ1v) is 7.89. The van der Waals surface area contributed by atoms with Crippen molar-refractivity contribution in [1.82, 2.24) is 10.6 Å². The van der Waals surface area contributed by atoms with E-state index in [2.05, 4.69) is 53.1 Å². The molecule has 2 heterocycles. The topological polar surface area (TPSA) is 37.2 Å². The molecule has 1 aliphatic rings. The summed E-state index contributed by atoms with van der Waals surface area (Å²) in [6.07, 6.45) is 1.14. The molecule has 2 unspecified atom stereocenters. The smallest absolute Gasteiger partial charge is 0.134 e. The van der Waals surface area contributed by atoms with E-state index in [4.69, 9.17) is 4.42 Å². The van der Waals surface area contributed by atoms with Gasteiger partial charge < -0.3 is 15.1 Å². The zero-order valence-corrected chi connectivity index (χ0v) is 12.5. The Morgan fingerprint density at radius 1 is 1.05 bits per heavy atom. The number of rotatable bonds is 4. The van der Waals surface area contributed by atoms with Crippen molar-refractivity contribution in [2.45, 2.75) is 25.0 Å². The third kappa shape index (κ3) is 2.65. The first-order chi connectivity index (χ1) is 10.9. The van der Waals surface area contributed by atoms with Crippen LogP contribution in [0.1, 0.15) is 23.8 Å². The van der Waals surface area contributed by atoms with E-state index in [1.807, 2.05) is 18.2 Å². The molecule has 1 fully saturated rings. The highest BCUT2D eigenvalue weighted by Gasteiger charge is 2.27. The summed E-state index contributed by atoms with van der Waals surface area (Å²) in [6.45, 7) is 1.82. The van der Waals surface area contributed by atoms with Gasteiger partial charge in [-0.25, -0.2) is 0 Å². The van der Waals surface area contributed by atoms with Crippen LogP contribution in [0.3, 0.4) is 0 Å². The molecule has 0 aliphatic carbocycles. The summed E-state index contributed by atoms with van der Waals surface area (Å²) in [4.78, 5) is 0. The van der Waals surface area contributed by atoms with Gasteiger partial charge in [-0.3, -0.25) is 0 Å². The van der Waals surface area contributed by atoms with Crippen molar-refractivity contribution in [1.29, 1.82) is 0 Å². The highest BCUT2D eigenvalue weighted by Crippen LogP contribution is 2.24. The average molecular weight is 292 g/mol. The molecule has 22 heavy (non-hydrogen) atoms. The molecule has 1 aliphatic heterocycles. The fraction of sp³-hybridized carbons (Fsp3) is 0.263. The normalized spacial score (nSPS) is 21.5. The molecule has 1 saturated heterocycles. The third-order valence-electron chi connectivity index (χ3n) is 4.40. The van der Waals surface area contributed by atoms with Gasteiger partial charge in [-0.15, -0.1) is 0 Å². The van der Waals surface area contributed by atoms with Gasteiger partial charge >= 0.3 is 0 Å². The van der Waals surface area contributed by atoms with Gasteiger partial charge in [-0.2, -0.15) is 0 Å². The number of hydrogen-bond donors (Lipinski definition) is 2. The number of hydrogen-bond acceptors (Lipinski definition) is 3. The van der Waals surface area contributed by atoms with Crippen molar-refractivity contribution in [3.05, 3.63) is 72.0 Å². The Balaban J connectivity index is 1.46. The van der Waals surface area contributed by atoms with Gasteiger partial charge in [-0.05, 0) is 30.7 Å². The van der Waals surface area contributed by atoms with Gasteiger partial charge in [0.05, 0.1) is 6.54 Å². The molecule has 0 radical (unpaired) electrons. The van der Waals surface area contributed by atoms with Crippen LogP contribution in [-0.2, 0) is 6.54 Å². The molecular formula is C19H20N2O. The van der Waals surface area contributed by atoms with Crippen molar-refractivity contribution < 1.29 is 4.42 Å². The SMILES string of the molecule is c1ccc(C2NCCC2NCc2cc3ccccc3o2)cc1. The Labute approximate surface area is 130 Å². The van der Waals surface area contributed by atoms with Crippen LogP contribution in [0.15, 0.2) is 65.1 Å². The third-order valence-corrected chi connectivity index (χ3v) is 4.40. The van der Waals surface area contributed by atoms with Crippen LogP contribution in [0.2, 0.25) is 0 Å². The molecule has 0 saturated carbocycles. The second-order valence-corrected chi connectivity index (χ2v) is 5.87. The number of furan rings is 1. The van der Waals surface area contributed by atoms with Crippen molar-refractivity contribution in [3.63, 3.8) is 0 Å². The van der Waals surface area contributed by atoms with Gasteiger partial charge in [0.25, 0.3) is 0 Å². The monoisotopic (exact) mass is 292 g/mol. The Bertz CT molecular complexity index is 717. The van der Waals surface area contributed by atoms with Crippen molar-refractivity contribution in [2.75, 3.05) is 6.54 Å². The van der Waals surface area contributed by atoms with Gasteiger partial charge in [0.1, 0.15) is 11.3 Å². The lowest BCUT2D eigenvalue weighted by Crippen LogP contribution is -2.33. The molecule has 0 spiro atoms. The summed E-state index contributed by atoms with van der Waals surface area (Å²) in [7, 11) is 0. The van der Waals surface area contributed by atoms with E-state index in [0.29, 0.717) is 12.1 Å². The predicted octanol–water partition coefficient (Wildman–Crippen LogP) is 3.63.